The average Bonchev–Trinajstić information content (AvgIpc) is 2.53. The Morgan fingerprint density at radius 1 is 1.31 bits per heavy atom. The van der Waals surface area contributed by atoms with Crippen LogP contribution in [0.15, 0.2) is 24.5 Å². The molecule has 0 radical (unpaired) electrons. The Kier molecular flexibility index (Phi) is 2.91. The quantitative estimate of drug-likeness (QED) is 0.608. The number of amides is 2. The van der Waals surface area contributed by atoms with Gasteiger partial charge in [0.25, 0.3) is 5.91 Å². The maximum atomic E-state index is 11.0. The van der Waals surface area contributed by atoms with E-state index in [2.05, 4.69) is 5.43 Å². The zero-order valence-corrected chi connectivity index (χ0v) is 6.73. The third-order valence-corrected chi connectivity index (χ3v) is 1.26. The van der Waals surface area contributed by atoms with Gasteiger partial charge in [-0.25, -0.2) is 4.79 Å². The molecule has 1 aromatic rings. The summed E-state index contributed by atoms with van der Waals surface area (Å²) in [6.45, 7) is -0.256. The van der Waals surface area contributed by atoms with E-state index in [-0.39, 0.29) is 6.54 Å². The lowest BCUT2D eigenvalue weighted by Crippen LogP contribution is -2.34. The molecule has 13 heavy (non-hydrogen) atoms. The van der Waals surface area contributed by atoms with Crippen molar-refractivity contribution in [3.63, 3.8) is 0 Å². The molecule has 0 aliphatic rings. The molecule has 1 heterocycles. The van der Waals surface area contributed by atoms with Crippen LogP contribution in [0.2, 0.25) is 0 Å². The Hall–Kier alpha value is -1.98. The summed E-state index contributed by atoms with van der Waals surface area (Å²) in [6.07, 6.45) is 2.06. The van der Waals surface area contributed by atoms with Gasteiger partial charge in [-0.05, 0) is 12.1 Å². The van der Waals surface area contributed by atoms with Crippen LogP contribution in [0.5, 0.6) is 0 Å². The van der Waals surface area contributed by atoms with Gasteiger partial charge in [0.15, 0.2) is 0 Å². The summed E-state index contributed by atoms with van der Waals surface area (Å²) < 4.78 is 1.44. The van der Waals surface area contributed by atoms with Crippen molar-refractivity contribution >= 4 is 12.0 Å². The van der Waals surface area contributed by atoms with Gasteiger partial charge in [0.1, 0.15) is 6.54 Å². The average molecular weight is 183 g/mol. The number of nitrogens with zero attached hydrogens (tertiary/aromatic N) is 1. The fourth-order valence-corrected chi connectivity index (χ4v) is 0.748. The first kappa shape index (κ1) is 9.11. The molecule has 3 N–H and O–H groups in total. The van der Waals surface area contributed by atoms with Crippen molar-refractivity contribution in [3.05, 3.63) is 24.5 Å². The molecular formula is C7H9N3O3. The Balaban J connectivity index is 2.30. The molecule has 0 saturated carbocycles. The van der Waals surface area contributed by atoms with E-state index < -0.39 is 12.0 Å². The number of hydrogen-bond acceptors (Lipinski definition) is 2. The van der Waals surface area contributed by atoms with Crippen molar-refractivity contribution in [2.24, 2.45) is 0 Å². The number of carboxylic acid groups (broad SMARTS) is 1. The molecule has 0 fully saturated rings. The maximum absolute atomic E-state index is 11.0. The fourth-order valence-electron chi connectivity index (χ4n) is 0.748. The SMILES string of the molecule is O=C(O)NCC(=O)Nn1cccc1. The van der Waals surface area contributed by atoms with Crippen LogP contribution in [-0.2, 0) is 4.79 Å². The van der Waals surface area contributed by atoms with Crippen LogP contribution in [0.1, 0.15) is 0 Å². The van der Waals surface area contributed by atoms with Crippen LogP contribution < -0.4 is 10.7 Å². The Morgan fingerprint density at radius 3 is 2.46 bits per heavy atom. The predicted octanol–water partition coefficient (Wildman–Crippen LogP) is -0.174. The summed E-state index contributed by atoms with van der Waals surface area (Å²) >= 11 is 0. The number of aromatic nitrogens is 1. The van der Waals surface area contributed by atoms with Crippen molar-refractivity contribution in [1.29, 1.82) is 0 Å². The summed E-state index contributed by atoms with van der Waals surface area (Å²) in [7, 11) is 0. The van der Waals surface area contributed by atoms with Crippen molar-refractivity contribution < 1.29 is 14.7 Å². The number of hydrogen-bond donors (Lipinski definition) is 3. The summed E-state index contributed by atoms with van der Waals surface area (Å²) in [5.41, 5.74) is 2.43. The van der Waals surface area contributed by atoms with E-state index in [0.717, 1.165) is 0 Å². The van der Waals surface area contributed by atoms with E-state index in [9.17, 15) is 9.59 Å². The number of carbonyl (C=O) groups is 2. The van der Waals surface area contributed by atoms with Crippen LogP contribution in [-0.4, -0.2) is 28.3 Å². The highest BCUT2D eigenvalue weighted by Gasteiger charge is 2.02. The summed E-state index contributed by atoms with van der Waals surface area (Å²) in [5.74, 6) is -0.418. The third-order valence-electron chi connectivity index (χ3n) is 1.26. The lowest BCUT2D eigenvalue weighted by atomic mass is 10.6. The van der Waals surface area contributed by atoms with E-state index >= 15 is 0 Å². The molecule has 6 heteroatoms. The minimum Gasteiger partial charge on any atom is -0.465 e. The first-order valence-corrected chi connectivity index (χ1v) is 3.58. The predicted molar refractivity (Wildman–Crippen MR) is 44.8 cm³/mol. The zero-order valence-electron chi connectivity index (χ0n) is 6.73. The zero-order chi connectivity index (χ0) is 9.68. The lowest BCUT2D eigenvalue weighted by Gasteiger charge is -2.04. The largest absolute Gasteiger partial charge is 0.465 e. The summed E-state index contributed by atoms with van der Waals surface area (Å²) in [6, 6.07) is 3.48. The molecule has 6 nitrogen and oxygen atoms in total. The number of carbonyl (C=O) groups excluding carboxylic acids is 1. The number of nitrogens with one attached hydrogen (secondary N) is 2. The molecule has 0 unspecified atom stereocenters. The topological polar surface area (TPSA) is 83.4 Å². The van der Waals surface area contributed by atoms with Crippen molar-refractivity contribution in [2.75, 3.05) is 12.0 Å². The van der Waals surface area contributed by atoms with Gasteiger partial charge < -0.3 is 10.4 Å². The van der Waals surface area contributed by atoms with Crippen LogP contribution in [0.4, 0.5) is 4.79 Å². The fraction of sp³-hybridized carbons (Fsp3) is 0.143. The minimum atomic E-state index is -1.22. The Morgan fingerprint density at radius 2 is 1.92 bits per heavy atom. The molecule has 0 saturated heterocycles. The molecule has 0 aliphatic heterocycles. The molecule has 0 aromatic carbocycles. The van der Waals surface area contributed by atoms with E-state index in [1.54, 1.807) is 24.5 Å². The van der Waals surface area contributed by atoms with E-state index in [4.69, 9.17) is 5.11 Å². The van der Waals surface area contributed by atoms with Gasteiger partial charge in [-0.2, -0.15) is 0 Å². The third kappa shape index (κ3) is 3.28. The van der Waals surface area contributed by atoms with Gasteiger partial charge in [-0.1, -0.05) is 0 Å². The van der Waals surface area contributed by atoms with Crippen LogP contribution in [0.25, 0.3) is 0 Å². The molecule has 1 aromatic heterocycles. The van der Waals surface area contributed by atoms with Gasteiger partial charge >= 0.3 is 6.09 Å². The second-order valence-electron chi connectivity index (χ2n) is 2.28. The highest BCUT2D eigenvalue weighted by atomic mass is 16.4. The van der Waals surface area contributed by atoms with Crippen molar-refractivity contribution in [1.82, 2.24) is 9.99 Å². The molecule has 1 rings (SSSR count). The first-order chi connectivity index (χ1) is 6.18. The van der Waals surface area contributed by atoms with Gasteiger partial charge in [-0.3, -0.25) is 14.9 Å². The number of rotatable bonds is 3. The Bertz CT molecular complexity index is 294. The van der Waals surface area contributed by atoms with Gasteiger partial charge in [0.2, 0.25) is 0 Å². The summed E-state index contributed by atoms with van der Waals surface area (Å²) in [5, 5.41) is 10.1. The standard InChI is InChI=1S/C7H9N3O3/c11-6(5-8-7(12)13)9-10-3-1-2-4-10/h1-4,8H,5H2,(H,9,11)(H,12,13). The van der Waals surface area contributed by atoms with Gasteiger partial charge in [0, 0.05) is 12.4 Å². The van der Waals surface area contributed by atoms with Crippen molar-refractivity contribution in [2.45, 2.75) is 0 Å². The summed E-state index contributed by atoms with van der Waals surface area (Å²) in [4.78, 5) is 21.0. The molecule has 0 aliphatic carbocycles. The minimum absolute atomic E-state index is 0.256. The smallest absolute Gasteiger partial charge is 0.405 e. The Labute approximate surface area is 74.1 Å². The first-order valence-electron chi connectivity index (χ1n) is 3.58. The normalized spacial score (nSPS) is 9.23. The molecular weight excluding hydrogens is 174 g/mol. The second-order valence-corrected chi connectivity index (χ2v) is 2.28. The van der Waals surface area contributed by atoms with E-state index in [0.29, 0.717) is 0 Å². The molecule has 0 bridgehead atoms. The molecule has 2 amide bonds. The van der Waals surface area contributed by atoms with Crippen LogP contribution in [0, 0.1) is 0 Å². The van der Waals surface area contributed by atoms with E-state index in [1.807, 2.05) is 5.32 Å². The second kappa shape index (κ2) is 4.15. The maximum Gasteiger partial charge on any atom is 0.405 e. The molecule has 0 atom stereocenters. The van der Waals surface area contributed by atoms with Gasteiger partial charge in [-0.15, -0.1) is 0 Å². The molecule has 0 spiro atoms. The molecule has 70 valence electrons. The van der Waals surface area contributed by atoms with Gasteiger partial charge in [0.05, 0.1) is 0 Å². The van der Waals surface area contributed by atoms with Crippen LogP contribution >= 0.6 is 0 Å². The van der Waals surface area contributed by atoms with Crippen LogP contribution in [0.3, 0.4) is 0 Å². The monoisotopic (exact) mass is 183 g/mol. The highest BCUT2D eigenvalue weighted by molar-refractivity contribution is 5.87. The van der Waals surface area contributed by atoms with Crippen molar-refractivity contribution in [3.8, 4) is 0 Å². The van der Waals surface area contributed by atoms with E-state index in [1.165, 1.54) is 4.68 Å². The highest BCUT2D eigenvalue weighted by Crippen LogP contribution is 1.84. The lowest BCUT2D eigenvalue weighted by molar-refractivity contribution is -0.116.